The smallest absolute Gasteiger partial charge is 0.343 e. The monoisotopic (exact) mass is 397 g/mol. The molecular weight excluding hydrogens is 374 g/mol. The molecular formula is C21H23N3O5. The largest absolute Gasteiger partial charge is 0.462 e. The van der Waals surface area contributed by atoms with Gasteiger partial charge in [0.2, 0.25) is 0 Å². The molecule has 0 radical (unpaired) electrons. The molecule has 1 atom stereocenters. The molecule has 29 heavy (non-hydrogen) atoms. The highest BCUT2D eigenvalue weighted by Gasteiger charge is 2.28. The number of benzene rings is 1. The lowest BCUT2D eigenvalue weighted by Gasteiger charge is -2.21. The minimum absolute atomic E-state index is 0.00724. The van der Waals surface area contributed by atoms with E-state index in [1.54, 1.807) is 24.8 Å². The van der Waals surface area contributed by atoms with Crippen LogP contribution in [-0.2, 0) is 9.47 Å². The lowest BCUT2D eigenvalue weighted by atomic mass is 10.2. The van der Waals surface area contributed by atoms with Crippen molar-refractivity contribution in [3.8, 4) is 5.69 Å². The normalized spacial score (nSPS) is 16.5. The van der Waals surface area contributed by atoms with Crippen LogP contribution in [0.5, 0.6) is 0 Å². The molecule has 0 aliphatic carbocycles. The Morgan fingerprint density at radius 3 is 3.00 bits per heavy atom. The zero-order valence-corrected chi connectivity index (χ0v) is 16.5. The van der Waals surface area contributed by atoms with Crippen LogP contribution < -0.4 is 10.3 Å². The Bertz CT molecular complexity index is 1090. The van der Waals surface area contributed by atoms with E-state index in [1.807, 2.05) is 18.2 Å². The Kier molecular flexibility index (Phi) is 5.35. The van der Waals surface area contributed by atoms with E-state index in [0.29, 0.717) is 18.2 Å². The minimum atomic E-state index is -0.631. The predicted molar refractivity (Wildman–Crippen MR) is 108 cm³/mol. The number of carbonyl (C=O) groups is 1. The van der Waals surface area contributed by atoms with Crippen LogP contribution in [-0.4, -0.2) is 48.4 Å². The van der Waals surface area contributed by atoms with E-state index < -0.39 is 5.97 Å². The Labute approximate surface area is 167 Å². The van der Waals surface area contributed by atoms with Crippen LogP contribution in [0, 0.1) is 0 Å². The van der Waals surface area contributed by atoms with Crippen LogP contribution in [0.4, 0.5) is 6.01 Å². The van der Waals surface area contributed by atoms with Crippen molar-refractivity contribution in [2.24, 2.45) is 0 Å². The number of oxazole rings is 1. The van der Waals surface area contributed by atoms with Gasteiger partial charge in [-0.3, -0.25) is 4.79 Å². The van der Waals surface area contributed by atoms with Crippen molar-refractivity contribution in [1.29, 1.82) is 0 Å². The maximum Gasteiger partial charge on any atom is 0.343 e. The second kappa shape index (κ2) is 8.08. The van der Waals surface area contributed by atoms with Gasteiger partial charge in [0.25, 0.3) is 6.01 Å². The fraction of sp³-hybridized carbons (Fsp3) is 0.381. The van der Waals surface area contributed by atoms with Crippen LogP contribution >= 0.6 is 0 Å². The molecule has 0 spiro atoms. The third-order valence-electron chi connectivity index (χ3n) is 5.06. The molecule has 152 valence electrons. The Balaban J connectivity index is 1.67. The average molecular weight is 397 g/mol. The van der Waals surface area contributed by atoms with Gasteiger partial charge in [0.05, 0.1) is 19.3 Å². The van der Waals surface area contributed by atoms with Gasteiger partial charge < -0.3 is 23.4 Å². The standard InChI is InChI=1S/C21H23N3O5/c1-3-28-20(26)16-12-23(10-8-18(16)25)14-6-7-17-19(11-14)29-21(22-17)24-9-4-5-15(24)13-27-2/h6-8,10-12,15H,3-5,9,13H2,1-2H3. The molecule has 0 saturated carbocycles. The lowest BCUT2D eigenvalue weighted by Crippen LogP contribution is -2.32. The van der Waals surface area contributed by atoms with E-state index >= 15 is 0 Å². The lowest BCUT2D eigenvalue weighted by molar-refractivity contribution is 0.0524. The summed E-state index contributed by atoms with van der Waals surface area (Å²) < 4.78 is 18.0. The first-order chi connectivity index (χ1) is 14.1. The van der Waals surface area contributed by atoms with Crippen LogP contribution in [0.25, 0.3) is 16.8 Å². The Hall–Kier alpha value is -3.13. The van der Waals surface area contributed by atoms with Crippen LogP contribution in [0.1, 0.15) is 30.1 Å². The summed E-state index contributed by atoms with van der Waals surface area (Å²) in [5.74, 6) is -0.631. The number of ether oxygens (including phenoxy) is 2. The summed E-state index contributed by atoms with van der Waals surface area (Å²) in [6.07, 6.45) is 5.21. The number of carbonyl (C=O) groups excluding carboxylic acids is 1. The van der Waals surface area contributed by atoms with Crippen molar-refractivity contribution in [2.75, 3.05) is 31.8 Å². The number of hydrogen-bond acceptors (Lipinski definition) is 7. The molecule has 4 rings (SSSR count). The highest BCUT2D eigenvalue weighted by atomic mass is 16.5. The average Bonchev–Trinajstić information content (AvgIpc) is 3.34. The summed E-state index contributed by atoms with van der Waals surface area (Å²) in [5, 5.41) is 0. The van der Waals surface area contributed by atoms with Gasteiger partial charge in [-0.15, -0.1) is 0 Å². The number of esters is 1. The fourth-order valence-corrected chi connectivity index (χ4v) is 3.64. The third-order valence-corrected chi connectivity index (χ3v) is 5.06. The van der Waals surface area contributed by atoms with Crippen molar-refractivity contribution in [3.05, 3.63) is 52.4 Å². The predicted octanol–water partition coefficient (Wildman–Crippen LogP) is 2.77. The van der Waals surface area contributed by atoms with Gasteiger partial charge >= 0.3 is 5.97 Å². The third kappa shape index (κ3) is 3.75. The summed E-state index contributed by atoms with van der Waals surface area (Å²) in [5.41, 5.74) is 1.75. The van der Waals surface area contributed by atoms with E-state index in [1.165, 1.54) is 12.3 Å². The second-order valence-electron chi connectivity index (χ2n) is 6.94. The molecule has 1 aromatic carbocycles. The van der Waals surface area contributed by atoms with E-state index in [-0.39, 0.29) is 23.6 Å². The van der Waals surface area contributed by atoms with Crippen molar-refractivity contribution in [1.82, 2.24) is 9.55 Å². The van der Waals surface area contributed by atoms with Gasteiger partial charge in [-0.05, 0) is 31.9 Å². The molecule has 0 bridgehead atoms. The van der Waals surface area contributed by atoms with Crippen molar-refractivity contribution < 1.29 is 18.7 Å². The van der Waals surface area contributed by atoms with Crippen molar-refractivity contribution >= 4 is 23.1 Å². The number of rotatable bonds is 6. The maximum atomic E-state index is 12.0. The molecule has 1 aliphatic rings. The SMILES string of the molecule is CCOC(=O)c1cn(-c2ccc3nc(N4CCCC4COC)oc3c2)ccc1=O. The summed E-state index contributed by atoms with van der Waals surface area (Å²) >= 11 is 0. The number of nitrogens with zero attached hydrogens (tertiary/aromatic N) is 3. The molecule has 0 amide bonds. The van der Waals surface area contributed by atoms with Gasteiger partial charge in [-0.2, -0.15) is 4.98 Å². The van der Waals surface area contributed by atoms with E-state index in [9.17, 15) is 9.59 Å². The fourth-order valence-electron chi connectivity index (χ4n) is 3.64. The molecule has 3 aromatic rings. The Morgan fingerprint density at radius 1 is 1.34 bits per heavy atom. The molecule has 8 nitrogen and oxygen atoms in total. The first-order valence-electron chi connectivity index (χ1n) is 9.66. The maximum absolute atomic E-state index is 12.0. The van der Waals surface area contributed by atoms with E-state index in [4.69, 9.17) is 13.9 Å². The van der Waals surface area contributed by atoms with Gasteiger partial charge in [0, 0.05) is 43.9 Å². The van der Waals surface area contributed by atoms with E-state index in [0.717, 1.165) is 30.6 Å². The number of pyridine rings is 1. The Morgan fingerprint density at radius 2 is 2.21 bits per heavy atom. The number of hydrogen-bond donors (Lipinski definition) is 0. The first kappa shape index (κ1) is 19.2. The molecule has 3 heterocycles. The van der Waals surface area contributed by atoms with Gasteiger partial charge in [0.15, 0.2) is 11.0 Å². The number of aromatic nitrogens is 2. The summed E-state index contributed by atoms with van der Waals surface area (Å²) in [4.78, 5) is 30.8. The molecule has 2 aromatic heterocycles. The molecule has 0 N–H and O–H groups in total. The highest BCUT2D eigenvalue weighted by Crippen LogP contribution is 2.29. The van der Waals surface area contributed by atoms with Crippen molar-refractivity contribution in [3.63, 3.8) is 0 Å². The summed E-state index contributed by atoms with van der Waals surface area (Å²) in [7, 11) is 1.70. The molecule has 1 unspecified atom stereocenters. The number of methoxy groups -OCH3 is 1. The summed E-state index contributed by atoms with van der Waals surface area (Å²) in [6, 6.07) is 7.77. The van der Waals surface area contributed by atoms with Gasteiger partial charge in [0.1, 0.15) is 11.1 Å². The van der Waals surface area contributed by atoms with Gasteiger partial charge in [-0.25, -0.2) is 4.79 Å². The highest BCUT2D eigenvalue weighted by molar-refractivity contribution is 5.89. The van der Waals surface area contributed by atoms with Crippen LogP contribution in [0.3, 0.4) is 0 Å². The second-order valence-corrected chi connectivity index (χ2v) is 6.94. The first-order valence-corrected chi connectivity index (χ1v) is 9.66. The topological polar surface area (TPSA) is 86.8 Å². The van der Waals surface area contributed by atoms with Crippen molar-refractivity contribution in [2.45, 2.75) is 25.8 Å². The number of anilines is 1. The summed E-state index contributed by atoms with van der Waals surface area (Å²) in [6.45, 7) is 3.43. The minimum Gasteiger partial charge on any atom is -0.462 e. The van der Waals surface area contributed by atoms with E-state index in [2.05, 4.69) is 9.88 Å². The van der Waals surface area contributed by atoms with Gasteiger partial charge in [-0.1, -0.05) is 0 Å². The molecule has 1 aliphatic heterocycles. The van der Waals surface area contributed by atoms with Crippen LogP contribution in [0.15, 0.2) is 45.9 Å². The molecule has 1 saturated heterocycles. The van der Waals surface area contributed by atoms with Crippen LogP contribution in [0.2, 0.25) is 0 Å². The molecule has 8 heteroatoms. The zero-order valence-electron chi connectivity index (χ0n) is 16.5. The quantitative estimate of drug-likeness (QED) is 0.591. The molecule has 1 fully saturated rings. The number of fused-ring (bicyclic) bond motifs is 1. The zero-order chi connectivity index (χ0) is 20.4.